The van der Waals surface area contributed by atoms with Crippen molar-refractivity contribution in [2.24, 2.45) is 0 Å². The molecule has 1 N–H and O–H groups in total. The molecule has 0 aliphatic rings. The van der Waals surface area contributed by atoms with Crippen molar-refractivity contribution in [1.82, 2.24) is 4.72 Å². The van der Waals surface area contributed by atoms with E-state index in [0.29, 0.717) is 0 Å². The highest BCUT2D eigenvalue weighted by Gasteiger charge is 2.06. The van der Waals surface area contributed by atoms with Crippen LogP contribution >= 0.6 is 0 Å². The largest absolute Gasteiger partial charge is 0.298 e. The second-order valence-electron chi connectivity index (χ2n) is 1.90. The van der Waals surface area contributed by atoms with Crippen LogP contribution in [0, 0.1) is 0 Å². The summed E-state index contributed by atoms with van der Waals surface area (Å²) in [5, 5.41) is 0. The summed E-state index contributed by atoms with van der Waals surface area (Å²) in [5.41, 5.74) is 0. The summed E-state index contributed by atoms with van der Waals surface area (Å²) in [4.78, 5) is 10.5. The molecule has 9 heavy (non-hydrogen) atoms. The fourth-order valence-electron chi connectivity index (χ4n) is 0.332. The van der Waals surface area contributed by atoms with E-state index in [4.69, 9.17) is 0 Å². The predicted octanol–water partition coefficient (Wildman–Crippen LogP) is -0.153. The molecule has 0 aromatic heterocycles. The first-order chi connectivity index (χ1) is 4.04. The molecule has 0 aliphatic carbocycles. The molecule has 2 unspecified atom stereocenters. The Labute approximate surface area is 57.4 Å². The van der Waals surface area contributed by atoms with Gasteiger partial charge in [0.05, 0.1) is 17.0 Å². The second-order valence-corrected chi connectivity index (χ2v) is 3.05. The fraction of sp³-hybridized carbons (Fsp3) is 0.800. The van der Waals surface area contributed by atoms with Gasteiger partial charge in [-0.1, -0.05) is 0 Å². The molecule has 0 aromatic rings. The minimum atomic E-state index is -1.09. The van der Waals surface area contributed by atoms with E-state index in [1.54, 1.807) is 6.92 Å². The van der Waals surface area contributed by atoms with Crippen molar-refractivity contribution >= 4 is 16.8 Å². The highest BCUT2D eigenvalue weighted by atomic mass is 32.2. The topological polar surface area (TPSA) is 46.2 Å². The van der Waals surface area contributed by atoms with Crippen LogP contribution in [0.2, 0.25) is 0 Å². The third kappa shape index (κ3) is 4.29. The summed E-state index contributed by atoms with van der Waals surface area (Å²) < 4.78 is 13.0. The monoisotopic (exact) mass is 149 g/mol. The number of nitrogens with one attached hydrogen (secondary N) is 1. The van der Waals surface area contributed by atoms with Gasteiger partial charge >= 0.3 is 0 Å². The zero-order valence-electron chi connectivity index (χ0n) is 5.80. The summed E-state index contributed by atoms with van der Waals surface area (Å²) in [6.07, 6.45) is 1.50. The van der Waals surface area contributed by atoms with Crippen LogP contribution in [-0.4, -0.2) is 22.3 Å². The summed E-state index contributed by atoms with van der Waals surface area (Å²) in [5.74, 6) is 0.00481. The van der Waals surface area contributed by atoms with E-state index in [0.717, 1.165) is 0 Å². The minimum Gasteiger partial charge on any atom is -0.298 e. The van der Waals surface area contributed by atoms with Crippen molar-refractivity contribution in [3.8, 4) is 0 Å². The van der Waals surface area contributed by atoms with Crippen LogP contribution in [0.15, 0.2) is 0 Å². The van der Waals surface area contributed by atoms with Gasteiger partial charge in [-0.25, -0.2) is 8.93 Å². The average Bonchev–Trinajstić information content (AvgIpc) is 1.63. The lowest BCUT2D eigenvalue weighted by Gasteiger charge is -2.05. The number of carbonyl (C=O) groups is 1. The van der Waals surface area contributed by atoms with Gasteiger partial charge < -0.3 is 0 Å². The van der Waals surface area contributed by atoms with E-state index < -0.39 is 11.0 Å². The molecular formula is C5H11NO2S. The van der Waals surface area contributed by atoms with Crippen LogP contribution in [0.5, 0.6) is 0 Å². The van der Waals surface area contributed by atoms with Gasteiger partial charge in [-0.05, 0) is 13.8 Å². The van der Waals surface area contributed by atoms with E-state index in [-0.39, 0.29) is 11.8 Å². The van der Waals surface area contributed by atoms with E-state index in [2.05, 4.69) is 4.72 Å². The van der Waals surface area contributed by atoms with Crippen LogP contribution < -0.4 is 4.72 Å². The smallest absolute Gasteiger partial charge is 0.147 e. The number of hydrogen-bond acceptors (Lipinski definition) is 2. The number of carbonyl (C=O) groups excluding carboxylic acids is 1. The van der Waals surface area contributed by atoms with Gasteiger partial charge in [0.1, 0.15) is 5.78 Å². The Morgan fingerprint density at radius 2 is 2.11 bits per heavy atom. The molecule has 0 heterocycles. The van der Waals surface area contributed by atoms with Crippen LogP contribution in [-0.2, 0) is 15.8 Å². The lowest BCUT2D eigenvalue weighted by Crippen LogP contribution is -2.32. The molecular weight excluding hydrogens is 138 g/mol. The van der Waals surface area contributed by atoms with Gasteiger partial charge in [-0.2, -0.15) is 0 Å². The van der Waals surface area contributed by atoms with E-state index in [1.807, 2.05) is 0 Å². The Bertz CT molecular complexity index is 135. The molecule has 0 saturated carbocycles. The van der Waals surface area contributed by atoms with Crippen molar-refractivity contribution in [2.75, 3.05) is 6.26 Å². The normalized spacial score (nSPS) is 16.8. The van der Waals surface area contributed by atoms with E-state index in [9.17, 15) is 9.00 Å². The summed E-state index contributed by atoms with van der Waals surface area (Å²) in [7, 11) is -1.09. The number of hydrogen-bond donors (Lipinski definition) is 1. The average molecular weight is 149 g/mol. The number of Topliss-reactive ketones (excluding diaryl/α,β-unsaturated/α-hetero) is 1. The Kier molecular flexibility index (Phi) is 3.65. The van der Waals surface area contributed by atoms with Crippen LogP contribution in [0.1, 0.15) is 13.8 Å². The van der Waals surface area contributed by atoms with Gasteiger partial charge in [-0.3, -0.25) is 4.79 Å². The first-order valence-electron chi connectivity index (χ1n) is 2.64. The zero-order valence-corrected chi connectivity index (χ0v) is 6.62. The molecule has 0 fully saturated rings. The molecule has 0 spiro atoms. The molecule has 0 amide bonds. The van der Waals surface area contributed by atoms with Crippen molar-refractivity contribution in [1.29, 1.82) is 0 Å². The standard InChI is InChI=1S/C5H11NO2S/c1-4(5(2)7)6-9(3)8/h4,6H,1-3H3. The molecule has 0 bridgehead atoms. The quantitative estimate of drug-likeness (QED) is 0.606. The van der Waals surface area contributed by atoms with Crippen LogP contribution in [0.25, 0.3) is 0 Å². The highest BCUT2D eigenvalue weighted by Crippen LogP contribution is 1.82. The first-order valence-corrected chi connectivity index (χ1v) is 4.20. The molecule has 4 heteroatoms. The fourth-order valence-corrected chi connectivity index (χ4v) is 0.996. The molecule has 54 valence electrons. The minimum absolute atomic E-state index is 0.00481. The maximum Gasteiger partial charge on any atom is 0.147 e. The van der Waals surface area contributed by atoms with Crippen molar-refractivity contribution in [3.63, 3.8) is 0 Å². The maximum atomic E-state index is 10.5. The summed E-state index contributed by atoms with van der Waals surface area (Å²) >= 11 is 0. The Hall–Kier alpha value is -0.220. The predicted molar refractivity (Wildman–Crippen MR) is 37.3 cm³/mol. The van der Waals surface area contributed by atoms with Crippen molar-refractivity contribution in [2.45, 2.75) is 19.9 Å². The van der Waals surface area contributed by atoms with Gasteiger partial charge in [0.2, 0.25) is 0 Å². The molecule has 0 aliphatic heterocycles. The van der Waals surface area contributed by atoms with Crippen molar-refractivity contribution < 1.29 is 9.00 Å². The molecule has 3 nitrogen and oxygen atoms in total. The molecule has 0 radical (unpaired) electrons. The molecule has 0 rings (SSSR count). The van der Waals surface area contributed by atoms with E-state index >= 15 is 0 Å². The van der Waals surface area contributed by atoms with Crippen LogP contribution in [0.3, 0.4) is 0 Å². The zero-order chi connectivity index (χ0) is 7.44. The number of ketones is 1. The molecule has 2 atom stereocenters. The second kappa shape index (κ2) is 3.74. The Morgan fingerprint density at radius 1 is 1.67 bits per heavy atom. The first kappa shape index (κ1) is 8.78. The van der Waals surface area contributed by atoms with Gasteiger partial charge in [0.15, 0.2) is 0 Å². The van der Waals surface area contributed by atoms with Gasteiger partial charge in [0, 0.05) is 6.26 Å². The summed E-state index contributed by atoms with van der Waals surface area (Å²) in [6.45, 7) is 3.15. The maximum absolute atomic E-state index is 10.5. The van der Waals surface area contributed by atoms with Gasteiger partial charge in [0.25, 0.3) is 0 Å². The lowest BCUT2D eigenvalue weighted by molar-refractivity contribution is -0.118. The lowest BCUT2D eigenvalue weighted by atomic mass is 10.3. The third-order valence-corrected chi connectivity index (χ3v) is 1.64. The SMILES string of the molecule is CC(=O)C(C)NS(C)=O. The third-order valence-electron chi connectivity index (χ3n) is 0.953. The Morgan fingerprint density at radius 3 is 2.22 bits per heavy atom. The molecule has 0 aromatic carbocycles. The van der Waals surface area contributed by atoms with Crippen molar-refractivity contribution in [3.05, 3.63) is 0 Å². The van der Waals surface area contributed by atoms with Gasteiger partial charge in [-0.15, -0.1) is 0 Å². The van der Waals surface area contributed by atoms with E-state index in [1.165, 1.54) is 13.2 Å². The number of rotatable bonds is 3. The highest BCUT2D eigenvalue weighted by molar-refractivity contribution is 7.82. The van der Waals surface area contributed by atoms with Crippen LogP contribution in [0.4, 0.5) is 0 Å². The molecule has 0 saturated heterocycles. The Balaban J connectivity index is 3.63. The summed E-state index contributed by atoms with van der Waals surface area (Å²) in [6, 6.07) is -0.296.